The van der Waals surface area contributed by atoms with Crippen molar-refractivity contribution >= 4 is 5.69 Å². The van der Waals surface area contributed by atoms with Crippen molar-refractivity contribution in [1.29, 1.82) is 0 Å². The van der Waals surface area contributed by atoms with Crippen LogP contribution in [0.4, 0.5) is 5.69 Å². The van der Waals surface area contributed by atoms with Crippen molar-refractivity contribution in [2.24, 2.45) is 5.92 Å². The molecule has 0 saturated heterocycles. The lowest BCUT2D eigenvalue weighted by Crippen LogP contribution is -2.47. The largest absolute Gasteiger partial charge is 0.317 e. The van der Waals surface area contributed by atoms with Crippen molar-refractivity contribution in [2.45, 2.75) is 38.6 Å². The predicted molar refractivity (Wildman–Crippen MR) is 71.8 cm³/mol. The molecule has 1 saturated carbocycles. The fraction of sp³-hybridized carbons (Fsp3) is 0.571. The first-order chi connectivity index (χ1) is 8.58. The highest BCUT2D eigenvalue weighted by Crippen LogP contribution is 2.46. The van der Waals surface area contributed by atoms with Gasteiger partial charge in [-0.2, -0.15) is 0 Å². The maximum absolute atomic E-state index is 10.9. The maximum atomic E-state index is 10.9. The van der Waals surface area contributed by atoms with Crippen LogP contribution in [0.15, 0.2) is 18.2 Å². The van der Waals surface area contributed by atoms with Gasteiger partial charge in [-0.15, -0.1) is 0 Å². The highest BCUT2D eigenvalue weighted by Gasteiger charge is 2.40. The zero-order valence-electron chi connectivity index (χ0n) is 11.1. The van der Waals surface area contributed by atoms with Gasteiger partial charge in [0.1, 0.15) is 0 Å². The molecule has 0 radical (unpaired) electrons. The fourth-order valence-corrected chi connectivity index (χ4v) is 3.11. The van der Waals surface area contributed by atoms with Gasteiger partial charge >= 0.3 is 0 Å². The number of nitrogens with zero attached hydrogens (tertiary/aromatic N) is 1. The summed E-state index contributed by atoms with van der Waals surface area (Å²) in [7, 11) is 1.99. The third-order valence-electron chi connectivity index (χ3n) is 4.26. The number of non-ortho nitro benzene ring substituents is 1. The molecule has 0 heterocycles. The second kappa shape index (κ2) is 5.06. The molecule has 0 spiro atoms. The fourth-order valence-electron chi connectivity index (χ4n) is 3.11. The number of rotatable bonds is 4. The van der Waals surface area contributed by atoms with Crippen molar-refractivity contribution in [2.75, 3.05) is 7.05 Å². The van der Waals surface area contributed by atoms with E-state index in [4.69, 9.17) is 0 Å². The van der Waals surface area contributed by atoms with Crippen LogP contribution in [0.25, 0.3) is 0 Å². The highest BCUT2D eigenvalue weighted by atomic mass is 16.6. The monoisotopic (exact) mass is 248 g/mol. The molecular formula is C14H20N2O2. The van der Waals surface area contributed by atoms with E-state index in [-0.39, 0.29) is 10.6 Å². The predicted octanol–water partition coefficient (Wildman–Crippen LogP) is 3.00. The van der Waals surface area contributed by atoms with Crippen LogP contribution >= 0.6 is 0 Å². The first-order valence-corrected chi connectivity index (χ1v) is 6.50. The van der Waals surface area contributed by atoms with Crippen molar-refractivity contribution in [3.05, 3.63) is 39.4 Å². The van der Waals surface area contributed by atoms with Gasteiger partial charge in [-0.25, -0.2) is 0 Å². The second-order valence-electron chi connectivity index (χ2n) is 5.11. The first-order valence-electron chi connectivity index (χ1n) is 6.50. The number of nitro groups is 1. The Morgan fingerprint density at radius 3 is 2.78 bits per heavy atom. The standard InChI is InChI=1S/C14H20N2O2/c1-4-11-13(8-14(11)15-3)12-7-10(16(17)18)6-5-9(12)2/h5-7,11,13-15H,4,8H2,1-3H3. The molecule has 1 aliphatic rings. The SMILES string of the molecule is CCC1C(NC)CC1c1cc([N+](=O)[O-])ccc1C. The molecule has 3 unspecified atom stereocenters. The van der Waals surface area contributed by atoms with Gasteiger partial charge < -0.3 is 5.32 Å². The molecule has 4 nitrogen and oxygen atoms in total. The Kier molecular flexibility index (Phi) is 3.66. The van der Waals surface area contributed by atoms with E-state index < -0.39 is 0 Å². The summed E-state index contributed by atoms with van der Waals surface area (Å²) < 4.78 is 0. The molecule has 0 bridgehead atoms. The summed E-state index contributed by atoms with van der Waals surface area (Å²) in [5.74, 6) is 1.06. The Balaban J connectivity index is 2.28. The zero-order valence-corrected chi connectivity index (χ0v) is 11.1. The van der Waals surface area contributed by atoms with Gasteiger partial charge in [0.15, 0.2) is 0 Å². The minimum absolute atomic E-state index is 0.207. The van der Waals surface area contributed by atoms with E-state index in [9.17, 15) is 10.1 Å². The molecule has 1 aromatic carbocycles. The molecule has 1 aliphatic carbocycles. The van der Waals surface area contributed by atoms with E-state index in [1.54, 1.807) is 12.1 Å². The topological polar surface area (TPSA) is 55.2 Å². The zero-order chi connectivity index (χ0) is 13.3. The minimum atomic E-state index is -0.307. The summed E-state index contributed by atoms with van der Waals surface area (Å²) >= 11 is 0. The lowest BCUT2D eigenvalue weighted by atomic mass is 9.64. The molecule has 0 aromatic heterocycles. The van der Waals surface area contributed by atoms with Gasteiger partial charge in [0, 0.05) is 18.2 Å². The molecule has 0 amide bonds. The van der Waals surface area contributed by atoms with Crippen LogP contribution in [0.2, 0.25) is 0 Å². The minimum Gasteiger partial charge on any atom is -0.317 e. The molecule has 98 valence electrons. The Morgan fingerprint density at radius 2 is 2.22 bits per heavy atom. The Bertz CT molecular complexity index is 459. The molecule has 2 rings (SSSR count). The van der Waals surface area contributed by atoms with E-state index in [1.165, 1.54) is 5.56 Å². The van der Waals surface area contributed by atoms with Crippen molar-refractivity contribution in [1.82, 2.24) is 5.32 Å². The Hall–Kier alpha value is -1.42. The molecule has 4 heteroatoms. The van der Waals surface area contributed by atoms with Crippen LogP contribution < -0.4 is 5.32 Å². The number of benzene rings is 1. The lowest BCUT2D eigenvalue weighted by molar-refractivity contribution is -0.385. The van der Waals surface area contributed by atoms with Crippen LogP contribution in [-0.2, 0) is 0 Å². The van der Waals surface area contributed by atoms with E-state index in [1.807, 2.05) is 20.0 Å². The molecule has 1 aromatic rings. The molecule has 18 heavy (non-hydrogen) atoms. The Morgan fingerprint density at radius 1 is 1.50 bits per heavy atom. The van der Waals surface area contributed by atoms with E-state index in [0.29, 0.717) is 17.9 Å². The van der Waals surface area contributed by atoms with Crippen molar-refractivity contribution in [3.8, 4) is 0 Å². The third-order valence-corrected chi connectivity index (χ3v) is 4.26. The number of nitrogens with one attached hydrogen (secondary N) is 1. The molecular weight excluding hydrogens is 228 g/mol. The quantitative estimate of drug-likeness (QED) is 0.658. The second-order valence-corrected chi connectivity index (χ2v) is 5.11. The van der Waals surface area contributed by atoms with Gasteiger partial charge in [0.05, 0.1) is 4.92 Å². The van der Waals surface area contributed by atoms with Crippen LogP contribution in [0.1, 0.15) is 36.8 Å². The maximum Gasteiger partial charge on any atom is 0.269 e. The summed E-state index contributed by atoms with van der Waals surface area (Å²) in [5, 5.41) is 14.2. The van der Waals surface area contributed by atoms with Crippen LogP contribution in [0.5, 0.6) is 0 Å². The van der Waals surface area contributed by atoms with Crippen molar-refractivity contribution < 1.29 is 4.92 Å². The number of aryl methyl sites for hydroxylation is 1. The van der Waals surface area contributed by atoms with Gasteiger partial charge in [-0.1, -0.05) is 19.4 Å². The summed E-state index contributed by atoms with van der Waals surface area (Å²) in [5.41, 5.74) is 2.53. The number of hydrogen-bond acceptors (Lipinski definition) is 3. The normalized spacial score (nSPS) is 26.7. The lowest BCUT2D eigenvalue weighted by Gasteiger charge is -2.45. The average Bonchev–Trinajstić information content (AvgIpc) is 2.31. The van der Waals surface area contributed by atoms with Gasteiger partial charge in [-0.05, 0) is 43.4 Å². The number of nitro benzene ring substituents is 1. The summed E-state index contributed by atoms with van der Waals surface area (Å²) in [6.07, 6.45) is 2.19. The van der Waals surface area contributed by atoms with Gasteiger partial charge in [0.2, 0.25) is 0 Å². The smallest absolute Gasteiger partial charge is 0.269 e. The van der Waals surface area contributed by atoms with Crippen LogP contribution in [0, 0.1) is 23.0 Å². The van der Waals surface area contributed by atoms with E-state index in [2.05, 4.69) is 12.2 Å². The van der Waals surface area contributed by atoms with Gasteiger partial charge in [0.25, 0.3) is 5.69 Å². The molecule has 1 fully saturated rings. The summed E-state index contributed by atoms with van der Waals surface area (Å²) in [4.78, 5) is 10.6. The molecule has 1 N–H and O–H groups in total. The molecule has 3 atom stereocenters. The number of hydrogen-bond donors (Lipinski definition) is 1. The highest BCUT2D eigenvalue weighted by molar-refractivity contribution is 5.42. The van der Waals surface area contributed by atoms with Crippen LogP contribution in [0.3, 0.4) is 0 Å². The van der Waals surface area contributed by atoms with Gasteiger partial charge in [-0.3, -0.25) is 10.1 Å². The van der Waals surface area contributed by atoms with E-state index >= 15 is 0 Å². The molecule has 0 aliphatic heterocycles. The summed E-state index contributed by atoms with van der Waals surface area (Å²) in [6, 6.07) is 5.77. The van der Waals surface area contributed by atoms with Crippen molar-refractivity contribution in [3.63, 3.8) is 0 Å². The summed E-state index contributed by atoms with van der Waals surface area (Å²) in [6.45, 7) is 4.23. The third kappa shape index (κ3) is 2.12. The average molecular weight is 248 g/mol. The van der Waals surface area contributed by atoms with Crippen LogP contribution in [-0.4, -0.2) is 18.0 Å². The Labute approximate surface area is 108 Å². The first kappa shape index (κ1) is 13.0. The van der Waals surface area contributed by atoms with E-state index in [0.717, 1.165) is 18.4 Å².